The summed E-state index contributed by atoms with van der Waals surface area (Å²) >= 11 is 6.38. The van der Waals surface area contributed by atoms with E-state index in [0.29, 0.717) is 30.3 Å². The number of aliphatic hydroxyl groups excluding tert-OH is 1. The van der Waals surface area contributed by atoms with Crippen molar-refractivity contribution in [1.82, 2.24) is 0 Å². The molecule has 2 aromatic carbocycles. The zero-order chi connectivity index (χ0) is 28.1. The second kappa shape index (κ2) is 10.8. The zero-order valence-corrected chi connectivity index (χ0v) is 24.5. The molecule has 7 nitrogen and oxygen atoms in total. The van der Waals surface area contributed by atoms with Gasteiger partial charge in [0.25, 0.3) is 5.91 Å². The van der Waals surface area contributed by atoms with Crippen LogP contribution in [0.2, 0.25) is 5.02 Å². The number of nitrogens with zero attached hydrogens (tertiary/aromatic N) is 2. The van der Waals surface area contributed by atoms with E-state index in [1.807, 2.05) is 37.3 Å². The van der Waals surface area contributed by atoms with E-state index >= 15 is 0 Å². The van der Waals surface area contributed by atoms with Gasteiger partial charge in [0.1, 0.15) is 15.7 Å². The fraction of sp³-hybridized carbons (Fsp3) is 0.516. The Hall–Kier alpha value is -2.39. The van der Waals surface area contributed by atoms with Gasteiger partial charge in [-0.05, 0) is 97.7 Å². The van der Waals surface area contributed by atoms with E-state index < -0.39 is 21.9 Å². The summed E-state index contributed by atoms with van der Waals surface area (Å²) in [4.78, 5) is 15.6. The molecule has 1 unspecified atom stereocenters. The summed E-state index contributed by atoms with van der Waals surface area (Å²) < 4.78 is 23.6. The highest BCUT2D eigenvalue weighted by molar-refractivity contribution is 7.91. The van der Waals surface area contributed by atoms with Gasteiger partial charge in [-0.15, -0.1) is 4.36 Å². The summed E-state index contributed by atoms with van der Waals surface area (Å²) in [5.74, 6) is 0.694. The van der Waals surface area contributed by atoms with Crippen LogP contribution in [-0.4, -0.2) is 46.8 Å². The Morgan fingerprint density at radius 3 is 2.88 bits per heavy atom. The van der Waals surface area contributed by atoms with Gasteiger partial charge >= 0.3 is 0 Å². The summed E-state index contributed by atoms with van der Waals surface area (Å²) in [5, 5.41) is 17.8. The third kappa shape index (κ3) is 5.43. The lowest BCUT2D eigenvalue weighted by atomic mass is 9.68. The molecule has 0 aromatic heterocycles. The smallest absolute Gasteiger partial charge is 0.286 e. The number of hydrogen-bond donors (Lipinski definition) is 2. The minimum Gasteiger partial charge on any atom is -0.490 e. The van der Waals surface area contributed by atoms with Crippen LogP contribution in [0.25, 0.3) is 0 Å². The number of halogens is 1. The summed E-state index contributed by atoms with van der Waals surface area (Å²) in [6, 6.07) is 11.5. The maximum atomic E-state index is 13.2. The SMILES string of the molecule is C[C@H]1C/C=C/[C@H](O)[C@@H]2CC[C@H]2CN2C[C@@]3(CCCc4cc(Cl)ccc43)COc3ccc(cc32)C(=O)N=S(N)(=O)C1. The number of amides is 1. The lowest BCUT2D eigenvalue weighted by Crippen LogP contribution is -2.49. The van der Waals surface area contributed by atoms with E-state index in [-0.39, 0.29) is 23.0 Å². The Morgan fingerprint density at radius 1 is 1.23 bits per heavy atom. The minimum absolute atomic E-state index is 0.0389. The first-order chi connectivity index (χ1) is 19.1. The van der Waals surface area contributed by atoms with Crippen LogP contribution in [0.1, 0.15) is 60.5 Å². The first kappa shape index (κ1) is 27.8. The molecule has 6 atom stereocenters. The van der Waals surface area contributed by atoms with Crippen molar-refractivity contribution in [1.29, 1.82) is 0 Å². The Morgan fingerprint density at radius 2 is 2.08 bits per heavy atom. The highest BCUT2D eigenvalue weighted by atomic mass is 35.5. The monoisotopic (exact) mass is 583 g/mol. The predicted molar refractivity (Wildman–Crippen MR) is 159 cm³/mol. The molecular formula is C31H38ClN3O4S. The molecule has 214 valence electrons. The van der Waals surface area contributed by atoms with E-state index in [1.54, 1.807) is 6.07 Å². The molecule has 4 aliphatic rings. The van der Waals surface area contributed by atoms with Crippen molar-refractivity contribution in [2.24, 2.45) is 27.3 Å². The molecule has 2 aliphatic carbocycles. The summed E-state index contributed by atoms with van der Waals surface area (Å²) in [6.45, 7) is 3.93. The predicted octanol–water partition coefficient (Wildman–Crippen LogP) is 5.28. The Balaban J connectivity index is 1.44. The van der Waals surface area contributed by atoms with Crippen molar-refractivity contribution in [2.45, 2.75) is 57.0 Å². The highest BCUT2D eigenvalue weighted by Gasteiger charge is 2.44. The molecule has 1 fully saturated rings. The van der Waals surface area contributed by atoms with E-state index in [1.165, 1.54) is 11.1 Å². The van der Waals surface area contributed by atoms with Gasteiger partial charge in [-0.25, -0.2) is 9.35 Å². The molecule has 40 heavy (non-hydrogen) atoms. The number of nitrogens with two attached hydrogens (primary N) is 1. The number of hydrogen-bond acceptors (Lipinski definition) is 5. The van der Waals surface area contributed by atoms with Crippen molar-refractivity contribution < 1.29 is 18.8 Å². The number of carbonyl (C=O) groups excluding carboxylic acids is 1. The van der Waals surface area contributed by atoms with E-state index in [0.717, 1.165) is 55.9 Å². The summed E-state index contributed by atoms with van der Waals surface area (Å²) in [5.41, 5.74) is 3.50. The van der Waals surface area contributed by atoms with Crippen LogP contribution >= 0.6 is 11.6 Å². The number of allylic oxidation sites excluding steroid dienone is 1. The molecule has 1 spiro atoms. The molecule has 3 N–H and O–H groups in total. The number of aliphatic hydroxyl groups is 1. The highest BCUT2D eigenvalue weighted by Crippen LogP contribution is 2.46. The van der Waals surface area contributed by atoms with Crippen molar-refractivity contribution in [3.8, 4) is 5.75 Å². The number of aryl methyl sites for hydroxylation is 1. The number of fused-ring (bicyclic) bond motifs is 4. The number of carbonyl (C=O) groups is 1. The number of anilines is 1. The first-order valence-corrected chi connectivity index (χ1v) is 16.5. The van der Waals surface area contributed by atoms with Crippen molar-refractivity contribution in [2.75, 3.05) is 30.3 Å². The Bertz CT molecular complexity index is 1470. The maximum absolute atomic E-state index is 13.2. The lowest BCUT2D eigenvalue weighted by molar-refractivity contribution is 0.0456. The molecule has 9 heteroatoms. The lowest BCUT2D eigenvalue weighted by Gasteiger charge is -2.45. The van der Waals surface area contributed by atoms with E-state index in [4.69, 9.17) is 21.5 Å². The molecule has 0 saturated heterocycles. The molecular weight excluding hydrogens is 546 g/mol. The van der Waals surface area contributed by atoms with Crippen molar-refractivity contribution >= 4 is 33.1 Å². The van der Waals surface area contributed by atoms with Gasteiger partial charge in [-0.3, -0.25) is 4.79 Å². The van der Waals surface area contributed by atoms with Gasteiger partial charge in [0, 0.05) is 34.8 Å². The zero-order valence-electron chi connectivity index (χ0n) is 22.9. The van der Waals surface area contributed by atoms with Crippen LogP contribution in [0.3, 0.4) is 0 Å². The molecule has 2 aliphatic heterocycles. The van der Waals surface area contributed by atoms with Crippen molar-refractivity contribution in [3.05, 3.63) is 70.3 Å². The Labute approximate surface area is 242 Å². The van der Waals surface area contributed by atoms with Gasteiger partial charge in [0.15, 0.2) is 0 Å². The van der Waals surface area contributed by atoms with Crippen LogP contribution in [0.4, 0.5) is 5.69 Å². The molecule has 0 radical (unpaired) electrons. The summed E-state index contributed by atoms with van der Waals surface area (Å²) in [6.07, 6.45) is 8.94. The van der Waals surface area contributed by atoms with Gasteiger partial charge in [0.2, 0.25) is 0 Å². The molecule has 2 bridgehead atoms. The summed E-state index contributed by atoms with van der Waals surface area (Å²) in [7, 11) is -3.21. The van der Waals surface area contributed by atoms with Gasteiger partial charge in [-0.1, -0.05) is 36.7 Å². The number of benzene rings is 2. The van der Waals surface area contributed by atoms with Gasteiger partial charge < -0.3 is 14.7 Å². The maximum Gasteiger partial charge on any atom is 0.286 e. The normalized spacial score (nSPS) is 34.9. The van der Waals surface area contributed by atoms with E-state index in [2.05, 4.69) is 21.4 Å². The number of ether oxygens (including phenoxy) is 1. The molecule has 6 rings (SSSR count). The Kier molecular flexibility index (Phi) is 7.49. The largest absolute Gasteiger partial charge is 0.490 e. The third-order valence-corrected chi connectivity index (χ3v) is 11.0. The third-order valence-electron chi connectivity index (χ3n) is 9.29. The van der Waals surface area contributed by atoms with Crippen molar-refractivity contribution in [3.63, 3.8) is 0 Å². The fourth-order valence-electron chi connectivity index (χ4n) is 7.10. The van der Waals surface area contributed by atoms with Crippen LogP contribution < -0.4 is 14.8 Å². The van der Waals surface area contributed by atoms with Crippen LogP contribution in [0.15, 0.2) is 52.9 Å². The average Bonchev–Trinajstić information content (AvgIpc) is 3.02. The molecule has 2 aromatic rings. The quantitative estimate of drug-likeness (QED) is 0.411. The fourth-order valence-corrected chi connectivity index (χ4v) is 8.71. The average molecular weight is 584 g/mol. The molecule has 2 heterocycles. The van der Waals surface area contributed by atoms with Crippen LogP contribution in [0, 0.1) is 17.8 Å². The van der Waals surface area contributed by atoms with Gasteiger partial charge in [0.05, 0.1) is 18.4 Å². The van der Waals surface area contributed by atoms with Crippen LogP contribution in [-0.2, 0) is 21.8 Å². The molecule has 1 amide bonds. The first-order valence-electron chi connectivity index (χ1n) is 14.3. The topological polar surface area (TPSA) is 105 Å². The second-order valence-corrected chi connectivity index (χ2v) is 14.6. The molecule has 1 saturated carbocycles. The van der Waals surface area contributed by atoms with Crippen LogP contribution in [0.5, 0.6) is 5.75 Å². The second-order valence-electron chi connectivity index (χ2n) is 12.3. The minimum atomic E-state index is -3.21. The standard InChI is InChI=1S/C31H38ClN3O4S/c1-20-4-2-6-28(36)25-10-7-23(25)16-35-18-31(13-3-5-21-14-24(32)9-11-26(21)31)19-39-29-12-8-22(15-27(29)35)30(37)34-40(33,38)17-20/h2,6,8-9,11-12,14-15,20,23,25,28,36H,3-5,7,10,13,16-19H2,1H3,(H2,33,34,37,38)/b6-2+/t20-,23-,25+,28-,31-,40?/m0/s1. The van der Waals surface area contributed by atoms with Gasteiger partial charge in [-0.2, -0.15) is 0 Å². The van der Waals surface area contributed by atoms with E-state index in [9.17, 15) is 14.1 Å². The number of rotatable bonds is 0.